The third-order valence-corrected chi connectivity index (χ3v) is 5.42. The van der Waals surface area contributed by atoms with Gasteiger partial charge < -0.3 is 20.3 Å². The van der Waals surface area contributed by atoms with E-state index in [1.165, 1.54) is 0 Å². The Kier molecular flexibility index (Phi) is 7.29. The van der Waals surface area contributed by atoms with Crippen molar-refractivity contribution >= 4 is 41.5 Å². The Balaban J connectivity index is 0.00000243. The molecule has 3 rings (SSSR count). The number of rotatable bonds is 4. The quantitative estimate of drug-likeness (QED) is 0.810. The number of nitrogens with zero attached hydrogens (tertiary/aromatic N) is 1. The Morgan fingerprint density at radius 1 is 1.35 bits per heavy atom. The van der Waals surface area contributed by atoms with Crippen molar-refractivity contribution in [2.24, 2.45) is 0 Å². The summed E-state index contributed by atoms with van der Waals surface area (Å²) < 4.78 is 5.55. The largest absolute Gasteiger partial charge is 0.368 e. The van der Waals surface area contributed by atoms with Crippen LogP contribution < -0.4 is 15.5 Å². The minimum atomic E-state index is -0.849. The van der Waals surface area contributed by atoms with Crippen molar-refractivity contribution in [2.45, 2.75) is 37.3 Å². The van der Waals surface area contributed by atoms with Crippen molar-refractivity contribution in [3.63, 3.8) is 0 Å². The molecule has 1 aromatic rings. The topological polar surface area (TPSA) is 70.7 Å². The Hall–Kier alpha value is -1.34. The SMILES string of the molecule is COC1(C(=O)NC2CCCN(c3ccccc3Cl)C2=O)CCNCC1.Cl. The first-order valence-electron chi connectivity index (χ1n) is 8.70. The molecule has 2 fully saturated rings. The van der Waals surface area contributed by atoms with Crippen LogP contribution in [-0.4, -0.2) is 50.2 Å². The Bertz CT molecular complexity index is 650. The molecular formula is C18H25Cl2N3O3. The maximum Gasteiger partial charge on any atom is 0.252 e. The second kappa shape index (κ2) is 9.04. The van der Waals surface area contributed by atoms with E-state index in [0.717, 1.165) is 19.5 Å². The molecule has 2 aliphatic heterocycles. The van der Waals surface area contributed by atoms with Crippen LogP contribution in [0.15, 0.2) is 24.3 Å². The van der Waals surface area contributed by atoms with E-state index in [1.54, 1.807) is 18.1 Å². The van der Waals surface area contributed by atoms with Gasteiger partial charge in [-0.2, -0.15) is 0 Å². The number of hydrogen-bond donors (Lipinski definition) is 2. The molecule has 8 heteroatoms. The average Bonchev–Trinajstić information content (AvgIpc) is 2.64. The standard InChI is InChI=1S/C18H24ClN3O3.ClH/c1-25-18(8-10-20-11-9-18)17(24)21-14-6-4-12-22(16(14)23)15-7-3-2-5-13(15)19;/h2-3,5,7,14,20H,4,6,8-12H2,1H3,(H,21,24);1H. The summed E-state index contributed by atoms with van der Waals surface area (Å²) in [6.07, 6.45) is 2.64. The van der Waals surface area contributed by atoms with Gasteiger partial charge in [-0.3, -0.25) is 9.59 Å². The summed E-state index contributed by atoms with van der Waals surface area (Å²) >= 11 is 6.23. The lowest BCUT2D eigenvalue weighted by atomic mass is 9.90. The molecule has 2 heterocycles. The van der Waals surface area contributed by atoms with E-state index in [9.17, 15) is 9.59 Å². The first kappa shape index (κ1) is 21.0. The van der Waals surface area contributed by atoms with Crippen molar-refractivity contribution in [1.29, 1.82) is 0 Å². The number of hydrogen-bond acceptors (Lipinski definition) is 4. The number of nitrogens with one attached hydrogen (secondary N) is 2. The number of carbonyl (C=O) groups excluding carboxylic acids is 2. The highest BCUT2D eigenvalue weighted by Crippen LogP contribution is 2.29. The summed E-state index contributed by atoms with van der Waals surface area (Å²) in [6.45, 7) is 2.06. The van der Waals surface area contributed by atoms with Crippen LogP contribution in [0.3, 0.4) is 0 Å². The fourth-order valence-corrected chi connectivity index (χ4v) is 3.80. The van der Waals surface area contributed by atoms with Crippen LogP contribution in [0.5, 0.6) is 0 Å². The van der Waals surface area contributed by atoms with Crippen LogP contribution in [0.1, 0.15) is 25.7 Å². The second-order valence-electron chi connectivity index (χ2n) is 6.56. The molecule has 2 amide bonds. The van der Waals surface area contributed by atoms with Crippen molar-refractivity contribution in [1.82, 2.24) is 10.6 Å². The maximum absolute atomic E-state index is 12.9. The van der Waals surface area contributed by atoms with Crippen LogP contribution in [-0.2, 0) is 14.3 Å². The number of halogens is 2. The van der Waals surface area contributed by atoms with Gasteiger partial charge in [0.15, 0.2) is 0 Å². The summed E-state index contributed by atoms with van der Waals surface area (Å²) in [4.78, 5) is 27.4. The van der Waals surface area contributed by atoms with E-state index in [1.807, 2.05) is 18.2 Å². The van der Waals surface area contributed by atoms with E-state index < -0.39 is 11.6 Å². The minimum absolute atomic E-state index is 0. The van der Waals surface area contributed by atoms with Gasteiger partial charge in [0.1, 0.15) is 11.6 Å². The molecule has 0 saturated carbocycles. The zero-order chi connectivity index (χ0) is 17.9. The molecule has 26 heavy (non-hydrogen) atoms. The molecular weight excluding hydrogens is 377 g/mol. The summed E-state index contributed by atoms with van der Waals surface area (Å²) in [6, 6.07) is 6.74. The third-order valence-electron chi connectivity index (χ3n) is 5.10. The number of carbonyl (C=O) groups is 2. The van der Waals surface area contributed by atoms with E-state index >= 15 is 0 Å². The van der Waals surface area contributed by atoms with E-state index in [0.29, 0.717) is 36.5 Å². The lowest BCUT2D eigenvalue weighted by Gasteiger charge is -2.38. The Morgan fingerprint density at radius 3 is 2.69 bits per heavy atom. The summed E-state index contributed by atoms with van der Waals surface area (Å²) in [5.41, 5.74) is -0.158. The molecule has 0 bridgehead atoms. The molecule has 1 aromatic carbocycles. The predicted molar refractivity (Wildman–Crippen MR) is 104 cm³/mol. The Labute approximate surface area is 165 Å². The molecule has 0 spiro atoms. The summed E-state index contributed by atoms with van der Waals surface area (Å²) in [5.74, 6) is -0.316. The van der Waals surface area contributed by atoms with Crippen molar-refractivity contribution in [2.75, 3.05) is 31.6 Å². The molecule has 6 nitrogen and oxygen atoms in total. The maximum atomic E-state index is 12.9. The van der Waals surface area contributed by atoms with Crippen molar-refractivity contribution in [3.05, 3.63) is 29.3 Å². The lowest BCUT2D eigenvalue weighted by molar-refractivity contribution is -0.149. The van der Waals surface area contributed by atoms with Gasteiger partial charge in [0.05, 0.1) is 10.7 Å². The number of piperidine rings is 2. The van der Waals surface area contributed by atoms with E-state index in [2.05, 4.69) is 10.6 Å². The van der Waals surface area contributed by atoms with Crippen molar-refractivity contribution in [3.8, 4) is 0 Å². The van der Waals surface area contributed by atoms with Crippen LogP contribution in [0.4, 0.5) is 5.69 Å². The second-order valence-corrected chi connectivity index (χ2v) is 6.97. The monoisotopic (exact) mass is 401 g/mol. The van der Waals surface area contributed by atoms with Crippen LogP contribution in [0.2, 0.25) is 5.02 Å². The highest BCUT2D eigenvalue weighted by molar-refractivity contribution is 6.33. The van der Waals surface area contributed by atoms with Crippen LogP contribution >= 0.6 is 24.0 Å². The molecule has 1 unspecified atom stereocenters. The zero-order valence-corrected chi connectivity index (χ0v) is 16.4. The highest BCUT2D eigenvalue weighted by atomic mass is 35.5. The number of amides is 2. The molecule has 144 valence electrons. The van der Waals surface area contributed by atoms with Gasteiger partial charge in [0.25, 0.3) is 5.91 Å². The van der Waals surface area contributed by atoms with Gasteiger partial charge in [0.2, 0.25) is 5.91 Å². The number of benzene rings is 1. The van der Waals surface area contributed by atoms with Gasteiger partial charge >= 0.3 is 0 Å². The van der Waals surface area contributed by atoms with Crippen molar-refractivity contribution < 1.29 is 14.3 Å². The van der Waals surface area contributed by atoms with Gasteiger partial charge in [-0.1, -0.05) is 23.7 Å². The molecule has 2 saturated heterocycles. The van der Waals surface area contributed by atoms with Crippen LogP contribution in [0.25, 0.3) is 0 Å². The molecule has 0 aromatic heterocycles. The van der Waals surface area contributed by atoms with Gasteiger partial charge in [-0.05, 0) is 50.9 Å². The van der Waals surface area contributed by atoms with Gasteiger partial charge in [0, 0.05) is 13.7 Å². The third kappa shape index (κ3) is 4.14. The summed E-state index contributed by atoms with van der Waals surface area (Å²) in [5, 5.41) is 6.69. The molecule has 0 radical (unpaired) electrons. The van der Waals surface area contributed by atoms with E-state index in [4.69, 9.17) is 16.3 Å². The van der Waals surface area contributed by atoms with E-state index in [-0.39, 0.29) is 24.2 Å². The zero-order valence-electron chi connectivity index (χ0n) is 14.8. The molecule has 2 N–H and O–H groups in total. The molecule has 1 atom stereocenters. The number of methoxy groups -OCH3 is 1. The fraction of sp³-hybridized carbons (Fsp3) is 0.556. The smallest absolute Gasteiger partial charge is 0.252 e. The predicted octanol–water partition coefficient (Wildman–Crippen LogP) is 2.14. The van der Waals surface area contributed by atoms with Gasteiger partial charge in [-0.15, -0.1) is 12.4 Å². The fourth-order valence-electron chi connectivity index (χ4n) is 3.56. The first-order chi connectivity index (χ1) is 12.1. The molecule has 0 aliphatic carbocycles. The average molecular weight is 402 g/mol. The van der Waals surface area contributed by atoms with Crippen LogP contribution in [0, 0.1) is 0 Å². The Morgan fingerprint density at radius 2 is 2.04 bits per heavy atom. The minimum Gasteiger partial charge on any atom is -0.368 e. The van der Waals surface area contributed by atoms with Gasteiger partial charge in [-0.25, -0.2) is 0 Å². The number of para-hydroxylation sites is 1. The first-order valence-corrected chi connectivity index (χ1v) is 9.08. The summed E-state index contributed by atoms with van der Waals surface area (Å²) in [7, 11) is 1.56. The lowest BCUT2D eigenvalue weighted by Crippen LogP contribution is -2.60. The highest BCUT2D eigenvalue weighted by Gasteiger charge is 2.42. The molecule has 2 aliphatic rings. The normalized spacial score (nSPS) is 22.5. The number of anilines is 1. The number of ether oxygens (including phenoxy) is 1.